The highest BCUT2D eigenvalue weighted by Gasteiger charge is 2.06. The number of aromatic nitrogens is 3. The molecule has 0 aromatic carbocycles. The fourth-order valence-electron chi connectivity index (χ4n) is 0.990. The van der Waals surface area contributed by atoms with Crippen LogP contribution in [0.2, 0.25) is 10.3 Å². The summed E-state index contributed by atoms with van der Waals surface area (Å²) in [6, 6.07) is 3.30. The highest BCUT2D eigenvalue weighted by molar-refractivity contribution is 6.32. The summed E-state index contributed by atoms with van der Waals surface area (Å²) in [6.07, 6.45) is 0. The van der Waals surface area contributed by atoms with Crippen LogP contribution in [-0.2, 0) is 0 Å². The lowest BCUT2D eigenvalue weighted by Gasteiger charge is -2.02. The first-order valence-electron chi connectivity index (χ1n) is 3.67. The third-order valence-electron chi connectivity index (χ3n) is 1.59. The number of nitrogens with zero attached hydrogens (tertiary/aromatic N) is 3. The van der Waals surface area contributed by atoms with Gasteiger partial charge in [0, 0.05) is 0 Å². The number of hydrogen-bond acceptors (Lipinski definition) is 5. The molecule has 0 aliphatic rings. The van der Waals surface area contributed by atoms with E-state index in [1.165, 1.54) is 0 Å². The fraction of sp³-hybridized carbons (Fsp3) is 0. The third kappa shape index (κ3) is 1.57. The van der Waals surface area contributed by atoms with Gasteiger partial charge in [-0.1, -0.05) is 23.2 Å². The Balaban J connectivity index is 2.73. The molecule has 72 valence electrons. The van der Waals surface area contributed by atoms with Crippen LogP contribution in [0, 0.1) is 0 Å². The summed E-state index contributed by atoms with van der Waals surface area (Å²) >= 11 is 11.5. The van der Waals surface area contributed by atoms with Crippen molar-refractivity contribution >= 4 is 40.2 Å². The monoisotopic (exact) mass is 229 g/mol. The van der Waals surface area contributed by atoms with E-state index < -0.39 is 0 Å². The molecule has 0 bridgehead atoms. The van der Waals surface area contributed by atoms with E-state index in [-0.39, 0.29) is 11.0 Å². The maximum Gasteiger partial charge on any atom is 0.181 e. The second-order valence-corrected chi connectivity index (χ2v) is 3.23. The zero-order valence-electron chi connectivity index (χ0n) is 6.83. The van der Waals surface area contributed by atoms with Gasteiger partial charge >= 0.3 is 0 Å². The lowest BCUT2D eigenvalue weighted by Crippen LogP contribution is -2.10. The largest absolute Gasteiger partial charge is 0.306 e. The summed E-state index contributed by atoms with van der Waals surface area (Å²) in [7, 11) is 0. The topological polar surface area (TPSA) is 76.7 Å². The van der Waals surface area contributed by atoms with Crippen molar-refractivity contribution in [3.63, 3.8) is 0 Å². The second kappa shape index (κ2) is 3.53. The normalized spacial score (nSPS) is 10.5. The Labute approximate surface area is 89.2 Å². The fourth-order valence-corrected chi connectivity index (χ4v) is 1.32. The zero-order valence-corrected chi connectivity index (χ0v) is 8.34. The van der Waals surface area contributed by atoms with Crippen LogP contribution in [-0.4, -0.2) is 15.0 Å². The molecule has 2 heterocycles. The van der Waals surface area contributed by atoms with Gasteiger partial charge in [0.2, 0.25) is 0 Å². The maximum atomic E-state index is 5.77. The van der Waals surface area contributed by atoms with Gasteiger partial charge < -0.3 is 5.43 Å². The van der Waals surface area contributed by atoms with Gasteiger partial charge in [-0.3, -0.25) is 0 Å². The Morgan fingerprint density at radius 3 is 2.64 bits per heavy atom. The molecule has 2 aromatic rings. The highest BCUT2D eigenvalue weighted by Crippen LogP contribution is 2.20. The molecule has 3 N–H and O–H groups in total. The standard InChI is InChI=1S/C7H5Cl2N5/c8-4-2-1-3-6(12-4)13-7(14-10)5(9)11-3/h1-2H,10H2,(H,12,13,14). The van der Waals surface area contributed by atoms with Crippen molar-refractivity contribution in [3.05, 3.63) is 22.4 Å². The van der Waals surface area contributed by atoms with E-state index in [9.17, 15) is 0 Å². The van der Waals surface area contributed by atoms with Crippen molar-refractivity contribution in [2.75, 3.05) is 5.43 Å². The SMILES string of the molecule is NNc1nc2nc(Cl)ccc2nc1Cl. The van der Waals surface area contributed by atoms with Gasteiger partial charge in [-0.05, 0) is 12.1 Å². The van der Waals surface area contributed by atoms with Gasteiger partial charge in [-0.15, -0.1) is 0 Å². The number of nitrogen functional groups attached to an aromatic ring is 1. The third-order valence-corrected chi connectivity index (χ3v) is 2.06. The Morgan fingerprint density at radius 1 is 1.14 bits per heavy atom. The van der Waals surface area contributed by atoms with E-state index in [0.29, 0.717) is 16.3 Å². The molecule has 5 nitrogen and oxygen atoms in total. The molecule has 0 atom stereocenters. The molecule has 2 aromatic heterocycles. The molecule has 0 radical (unpaired) electrons. The number of nitrogens with one attached hydrogen (secondary N) is 1. The molecule has 0 aliphatic heterocycles. The van der Waals surface area contributed by atoms with Crippen molar-refractivity contribution in [3.8, 4) is 0 Å². The van der Waals surface area contributed by atoms with Gasteiger partial charge in [-0.25, -0.2) is 20.8 Å². The van der Waals surface area contributed by atoms with Crippen molar-refractivity contribution < 1.29 is 0 Å². The summed E-state index contributed by atoms with van der Waals surface area (Å²) in [5.41, 5.74) is 3.28. The first-order valence-corrected chi connectivity index (χ1v) is 4.42. The molecule has 0 saturated heterocycles. The average molecular weight is 230 g/mol. The number of hydrogen-bond donors (Lipinski definition) is 2. The molecule has 0 saturated carbocycles. The van der Waals surface area contributed by atoms with Gasteiger partial charge in [-0.2, -0.15) is 0 Å². The number of halogens is 2. The van der Waals surface area contributed by atoms with E-state index in [1.54, 1.807) is 12.1 Å². The first kappa shape index (κ1) is 9.39. The summed E-state index contributed by atoms with van der Waals surface area (Å²) in [4.78, 5) is 12.0. The van der Waals surface area contributed by atoms with Gasteiger partial charge in [0.15, 0.2) is 16.6 Å². The summed E-state index contributed by atoms with van der Waals surface area (Å²) < 4.78 is 0. The second-order valence-electron chi connectivity index (χ2n) is 2.48. The van der Waals surface area contributed by atoms with Gasteiger partial charge in [0.25, 0.3) is 0 Å². The number of rotatable bonds is 1. The van der Waals surface area contributed by atoms with Crippen LogP contribution in [0.4, 0.5) is 5.82 Å². The minimum Gasteiger partial charge on any atom is -0.306 e. The van der Waals surface area contributed by atoms with Crippen LogP contribution >= 0.6 is 23.2 Å². The molecule has 14 heavy (non-hydrogen) atoms. The summed E-state index contributed by atoms with van der Waals surface area (Å²) in [5, 5.41) is 0.543. The number of anilines is 1. The van der Waals surface area contributed by atoms with Crippen LogP contribution in [0.5, 0.6) is 0 Å². The molecule has 0 aliphatic carbocycles. The van der Waals surface area contributed by atoms with Crippen LogP contribution in [0.15, 0.2) is 12.1 Å². The van der Waals surface area contributed by atoms with Crippen molar-refractivity contribution in [1.29, 1.82) is 0 Å². The smallest absolute Gasteiger partial charge is 0.181 e. The Bertz CT molecular complexity index is 487. The average Bonchev–Trinajstić information content (AvgIpc) is 2.17. The van der Waals surface area contributed by atoms with Crippen molar-refractivity contribution in [2.24, 2.45) is 5.84 Å². The van der Waals surface area contributed by atoms with E-state index in [4.69, 9.17) is 29.0 Å². The van der Waals surface area contributed by atoms with E-state index in [0.717, 1.165) is 0 Å². The Kier molecular flexibility index (Phi) is 2.37. The number of pyridine rings is 1. The van der Waals surface area contributed by atoms with Crippen molar-refractivity contribution in [2.45, 2.75) is 0 Å². The molecular weight excluding hydrogens is 225 g/mol. The number of nitrogens with two attached hydrogens (primary N) is 1. The van der Waals surface area contributed by atoms with E-state index in [1.807, 2.05) is 0 Å². The van der Waals surface area contributed by atoms with Crippen LogP contribution in [0.1, 0.15) is 0 Å². The predicted molar refractivity (Wildman–Crippen MR) is 55.2 cm³/mol. The van der Waals surface area contributed by atoms with Crippen molar-refractivity contribution in [1.82, 2.24) is 15.0 Å². The summed E-state index contributed by atoms with van der Waals surface area (Å²) in [5.74, 6) is 5.45. The lowest BCUT2D eigenvalue weighted by molar-refractivity contribution is 1.18. The van der Waals surface area contributed by atoms with Crippen LogP contribution in [0.25, 0.3) is 11.2 Å². The Morgan fingerprint density at radius 2 is 1.93 bits per heavy atom. The number of hydrazine groups is 1. The summed E-state index contributed by atoms with van der Waals surface area (Å²) in [6.45, 7) is 0. The highest BCUT2D eigenvalue weighted by atomic mass is 35.5. The van der Waals surface area contributed by atoms with Gasteiger partial charge in [0.05, 0.1) is 0 Å². The molecule has 0 fully saturated rings. The van der Waals surface area contributed by atoms with Crippen LogP contribution < -0.4 is 11.3 Å². The zero-order chi connectivity index (χ0) is 10.1. The molecule has 0 spiro atoms. The number of fused-ring (bicyclic) bond motifs is 1. The lowest BCUT2D eigenvalue weighted by atomic mass is 10.4. The quantitative estimate of drug-likeness (QED) is 0.442. The molecule has 2 rings (SSSR count). The maximum absolute atomic E-state index is 5.77. The minimum atomic E-state index is 0.198. The molecule has 0 unspecified atom stereocenters. The van der Waals surface area contributed by atoms with E-state index >= 15 is 0 Å². The Hall–Kier alpha value is -1.17. The molecule has 7 heteroatoms. The molecule has 0 amide bonds. The predicted octanol–water partition coefficient (Wildman–Crippen LogP) is 1.62. The molecular formula is C7H5Cl2N5. The van der Waals surface area contributed by atoms with Gasteiger partial charge in [0.1, 0.15) is 10.7 Å². The van der Waals surface area contributed by atoms with E-state index in [2.05, 4.69) is 20.4 Å². The minimum absolute atomic E-state index is 0.198. The van der Waals surface area contributed by atoms with Crippen LogP contribution in [0.3, 0.4) is 0 Å². The first-order chi connectivity index (χ1) is 6.70.